The molecule has 0 saturated carbocycles. The van der Waals surface area contributed by atoms with Crippen molar-refractivity contribution >= 4 is 64.9 Å². The van der Waals surface area contributed by atoms with Crippen molar-refractivity contribution < 1.29 is 9.53 Å². The molecule has 0 aliphatic heterocycles. The van der Waals surface area contributed by atoms with E-state index in [0.717, 1.165) is 13.4 Å². The molecule has 1 aromatic heterocycles. The Balaban J connectivity index is 2.52. The van der Waals surface area contributed by atoms with Crippen molar-refractivity contribution in [2.45, 2.75) is 0 Å². The molecule has 0 atom stereocenters. The Morgan fingerprint density at radius 2 is 2.00 bits per heavy atom. The zero-order chi connectivity index (χ0) is 13.3. The number of thiophene rings is 1. The van der Waals surface area contributed by atoms with Gasteiger partial charge in [0.05, 0.1) is 22.0 Å². The molecule has 1 aromatic carbocycles. The predicted molar refractivity (Wildman–Crippen MR) is 83.8 cm³/mol. The van der Waals surface area contributed by atoms with Gasteiger partial charge in [0.15, 0.2) is 0 Å². The van der Waals surface area contributed by atoms with Crippen molar-refractivity contribution in [3.05, 3.63) is 47.4 Å². The number of methoxy groups -OCH3 is 1. The third kappa shape index (κ3) is 2.71. The van der Waals surface area contributed by atoms with Crippen molar-refractivity contribution in [2.75, 3.05) is 7.11 Å². The number of halogens is 3. The summed E-state index contributed by atoms with van der Waals surface area (Å²) in [5.74, 6) is 0.510. The summed E-state index contributed by atoms with van der Waals surface area (Å²) in [7, 11) is 1.55. The van der Waals surface area contributed by atoms with Gasteiger partial charge in [0.1, 0.15) is 5.75 Å². The van der Waals surface area contributed by atoms with Gasteiger partial charge < -0.3 is 4.74 Å². The first-order chi connectivity index (χ1) is 8.54. The molecule has 0 N–H and O–H groups in total. The lowest BCUT2D eigenvalue weighted by Gasteiger charge is -2.07. The average molecular weight is 455 g/mol. The van der Waals surface area contributed by atoms with Crippen molar-refractivity contribution in [3.63, 3.8) is 0 Å². The summed E-state index contributed by atoms with van der Waals surface area (Å²) in [6.07, 6.45) is 0. The van der Waals surface area contributed by atoms with Crippen molar-refractivity contribution in [3.8, 4) is 5.75 Å². The highest BCUT2D eigenvalue weighted by Gasteiger charge is 2.20. The number of ether oxygens (including phenoxy) is 1. The number of hydrogen-bond acceptors (Lipinski definition) is 3. The van der Waals surface area contributed by atoms with Crippen molar-refractivity contribution in [1.82, 2.24) is 0 Å². The molecule has 0 aliphatic rings. The molecule has 0 fully saturated rings. The number of benzene rings is 1. The molecule has 0 aliphatic carbocycles. The minimum absolute atomic E-state index is 0.0595. The summed E-state index contributed by atoms with van der Waals surface area (Å²) in [4.78, 5) is 13.1. The molecule has 0 amide bonds. The summed E-state index contributed by atoms with van der Waals surface area (Å²) in [6.45, 7) is 0. The molecule has 0 bridgehead atoms. The second-order valence-electron chi connectivity index (χ2n) is 3.40. The topological polar surface area (TPSA) is 26.3 Å². The van der Waals surface area contributed by atoms with Gasteiger partial charge in [-0.3, -0.25) is 4.79 Å². The Bertz CT molecular complexity index is 607. The average Bonchev–Trinajstić information content (AvgIpc) is 2.69. The van der Waals surface area contributed by atoms with E-state index in [4.69, 9.17) is 4.74 Å². The maximum absolute atomic E-state index is 12.5. The Hall–Kier alpha value is -0.170. The van der Waals surface area contributed by atoms with Crippen LogP contribution in [-0.2, 0) is 0 Å². The smallest absolute Gasteiger partial charge is 0.207 e. The van der Waals surface area contributed by atoms with E-state index in [2.05, 4.69) is 47.8 Å². The van der Waals surface area contributed by atoms with E-state index in [1.165, 1.54) is 11.3 Å². The lowest BCUT2D eigenvalue weighted by molar-refractivity contribution is 0.103. The van der Waals surface area contributed by atoms with E-state index < -0.39 is 0 Å². The molecular weight excluding hydrogens is 448 g/mol. The third-order valence-electron chi connectivity index (χ3n) is 2.30. The maximum Gasteiger partial charge on any atom is 0.207 e. The SMILES string of the molecule is COc1ccc(Br)cc1C(=O)c1scc(Br)c1Br. The summed E-state index contributed by atoms with van der Waals surface area (Å²) >= 11 is 11.5. The maximum atomic E-state index is 12.5. The number of carbonyl (C=O) groups excluding carboxylic acids is 1. The number of hydrogen-bond donors (Lipinski definition) is 0. The van der Waals surface area contributed by atoms with E-state index in [1.54, 1.807) is 19.2 Å². The molecule has 1 heterocycles. The van der Waals surface area contributed by atoms with Crippen molar-refractivity contribution in [2.24, 2.45) is 0 Å². The Labute approximate surface area is 134 Å². The van der Waals surface area contributed by atoms with Gasteiger partial charge in [0.25, 0.3) is 0 Å². The van der Waals surface area contributed by atoms with Crippen molar-refractivity contribution in [1.29, 1.82) is 0 Å². The molecule has 0 radical (unpaired) electrons. The number of ketones is 1. The van der Waals surface area contributed by atoms with Gasteiger partial charge in [-0.05, 0) is 50.1 Å². The zero-order valence-corrected chi connectivity index (χ0v) is 14.7. The van der Waals surface area contributed by atoms with E-state index >= 15 is 0 Å². The van der Waals surface area contributed by atoms with E-state index in [9.17, 15) is 4.79 Å². The van der Waals surface area contributed by atoms with Crippen LogP contribution in [-0.4, -0.2) is 12.9 Å². The molecule has 6 heteroatoms. The van der Waals surface area contributed by atoms with E-state index in [-0.39, 0.29) is 5.78 Å². The lowest BCUT2D eigenvalue weighted by Crippen LogP contribution is -2.02. The summed E-state index contributed by atoms with van der Waals surface area (Å²) in [5, 5.41) is 1.88. The standard InChI is InChI=1S/C12H7Br3O2S/c1-17-9-3-2-6(13)4-7(9)11(16)12-10(15)8(14)5-18-12/h2-5H,1H3. The minimum atomic E-state index is -0.0595. The molecule has 2 aromatic rings. The molecule has 18 heavy (non-hydrogen) atoms. The van der Waals surface area contributed by atoms with Crippen LogP contribution in [0.2, 0.25) is 0 Å². The van der Waals surface area contributed by atoms with Crippen LogP contribution in [0.4, 0.5) is 0 Å². The second-order valence-corrected chi connectivity index (χ2v) is 6.84. The quantitative estimate of drug-likeness (QED) is 0.590. The first kappa shape index (κ1) is 14.2. The van der Waals surface area contributed by atoms with E-state index in [1.807, 2.05) is 11.4 Å². The Morgan fingerprint density at radius 3 is 2.56 bits per heavy atom. The molecule has 2 nitrogen and oxygen atoms in total. The van der Waals surface area contributed by atoms with Gasteiger partial charge in [0.2, 0.25) is 5.78 Å². The predicted octanol–water partition coefficient (Wildman–Crippen LogP) is 5.28. The second kappa shape index (κ2) is 5.86. The first-order valence-electron chi connectivity index (χ1n) is 4.85. The van der Waals surface area contributed by atoms with E-state index in [0.29, 0.717) is 16.2 Å². The molecular formula is C12H7Br3O2S. The highest BCUT2D eigenvalue weighted by molar-refractivity contribution is 9.13. The van der Waals surface area contributed by atoms with Crippen LogP contribution in [0.1, 0.15) is 15.2 Å². The van der Waals surface area contributed by atoms with Gasteiger partial charge in [-0.25, -0.2) is 0 Å². The van der Waals surface area contributed by atoms with Crippen LogP contribution in [0.25, 0.3) is 0 Å². The number of rotatable bonds is 3. The van der Waals surface area contributed by atoms with Gasteiger partial charge in [0, 0.05) is 14.3 Å². The molecule has 94 valence electrons. The van der Waals surface area contributed by atoms with Crippen LogP contribution < -0.4 is 4.74 Å². The Morgan fingerprint density at radius 1 is 1.28 bits per heavy atom. The highest BCUT2D eigenvalue weighted by atomic mass is 79.9. The molecule has 0 unspecified atom stereocenters. The van der Waals surface area contributed by atoms with Crippen LogP contribution >= 0.6 is 59.1 Å². The minimum Gasteiger partial charge on any atom is -0.496 e. The fourth-order valence-electron chi connectivity index (χ4n) is 1.46. The van der Waals surface area contributed by atoms with Gasteiger partial charge in [-0.2, -0.15) is 0 Å². The van der Waals surface area contributed by atoms with Crippen LogP contribution in [0, 0.1) is 0 Å². The zero-order valence-electron chi connectivity index (χ0n) is 9.17. The first-order valence-corrected chi connectivity index (χ1v) is 8.11. The normalized spacial score (nSPS) is 10.4. The summed E-state index contributed by atoms with van der Waals surface area (Å²) in [5.41, 5.74) is 0.543. The third-order valence-corrected chi connectivity index (χ3v) is 6.32. The summed E-state index contributed by atoms with van der Waals surface area (Å²) < 4.78 is 7.73. The highest BCUT2D eigenvalue weighted by Crippen LogP contribution is 2.36. The van der Waals surface area contributed by atoms with Crippen LogP contribution in [0.3, 0.4) is 0 Å². The molecule has 0 saturated heterocycles. The molecule has 0 spiro atoms. The van der Waals surface area contributed by atoms with Gasteiger partial charge >= 0.3 is 0 Å². The molecule has 2 rings (SSSR count). The fourth-order valence-corrected chi connectivity index (χ4v) is 3.92. The van der Waals surface area contributed by atoms with Crippen LogP contribution in [0.15, 0.2) is 37.0 Å². The fraction of sp³-hybridized carbons (Fsp3) is 0.0833. The lowest BCUT2D eigenvalue weighted by atomic mass is 10.1. The summed E-state index contributed by atoms with van der Waals surface area (Å²) in [6, 6.07) is 5.38. The monoisotopic (exact) mass is 452 g/mol. The Kier molecular flexibility index (Phi) is 4.64. The number of carbonyl (C=O) groups is 1. The largest absolute Gasteiger partial charge is 0.496 e. The van der Waals surface area contributed by atoms with Gasteiger partial charge in [-0.1, -0.05) is 15.9 Å². The van der Waals surface area contributed by atoms with Gasteiger partial charge in [-0.15, -0.1) is 11.3 Å². The van der Waals surface area contributed by atoms with Crippen LogP contribution in [0.5, 0.6) is 5.75 Å².